The Hall–Kier alpha value is -6.57. The van der Waals surface area contributed by atoms with E-state index in [1.807, 2.05) is 30.3 Å². The van der Waals surface area contributed by atoms with Crippen molar-refractivity contribution in [2.24, 2.45) is 0 Å². The van der Waals surface area contributed by atoms with Gasteiger partial charge in [-0.05, 0) is 66.2 Å². The van der Waals surface area contributed by atoms with Gasteiger partial charge in [-0.3, -0.25) is 0 Å². The third-order valence-corrected chi connectivity index (χ3v) is 9.58. The highest BCUT2D eigenvalue weighted by Crippen LogP contribution is 2.39. The second-order valence-electron chi connectivity index (χ2n) is 12.0. The van der Waals surface area contributed by atoms with Gasteiger partial charge in [0.25, 0.3) is 0 Å². The first-order valence-corrected chi connectivity index (χ1v) is 15.8. The maximum absolute atomic E-state index is 10.7. The minimum atomic E-state index is 0.633. The zero-order valence-electron chi connectivity index (χ0n) is 25.2. The van der Waals surface area contributed by atoms with Gasteiger partial charge in [-0.2, -0.15) is 5.26 Å². The summed E-state index contributed by atoms with van der Waals surface area (Å²) in [4.78, 5) is 0. The van der Waals surface area contributed by atoms with E-state index in [9.17, 15) is 5.26 Å². The quantitative estimate of drug-likeness (QED) is 0.203. The molecule has 0 aliphatic rings. The van der Waals surface area contributed by atoms with E-state index in [-0.39, 0.29) is 0 Å². The van der Waals surface area contributed by atoms with E-state index in [0.717, 1.165) is 66.2 Å². The highest BCUT2D eigenvalue weighted by Gasteiger charge is 2.20. The minimum Gasteiger partial charge on any atom is -0.456 e. The molecule has 47 heavy (non-hydrogen) atoms. The van der Waals surface area contributed by atoms with E-state index in [1.165, 1.54) is 21.8 Å². The molecule has 0 N–H and O–H groups in total. The zero-order chi connectivity index (χ0) is 31.1. The SMILES string of the molecule is N#Cc1c(-c2ccc3oc4ccccc4c3c2)cccc1-n1c2ccccc2c2cc(-n3c4ccccc4c4ccccc43)ccc21. The molecule has 0 bridgehead atoms. The lowest BCUT2D eigenvalue weighted by Crippen LogP contribution is -2.00. The van der Waals surface area contributed by atoms with Crippen LogP contribution in [-0.2, 0) is 0 Å². The van der Waals surface area contributed by atoms with E-state index in [0.29, 0.717) is 5.56 Å². The van der Waals surface area contributed by atoms with Crippen molar-refractivity contribution in [3.05, 3.63) is 157 Å². The molecule has 0 radical (unpaired) electrons. The number of nitriles is 1. The standard InChI is InChI=1S/C43H25N3O/c44-26-36-29(27-20-23-43-35(24-27)33-13-4-8-19-42(33)47-43)14-9-18-40(36)46-39-17-7-3-12-32(39)34-25-28(21-22-41(34)46)45-37-15-5-1-10-30(37)31-11-2-6-16-38(31)45/h1-25H. The lowest BCUT2D eigenvalue weighted by atomic mass is 9.97. The van der Waals surface area contributed by atoms with E-state index in [4.69, 9.17) is 4.42 Å². The van der Waals surface area contributed by atoms with Gasteiger partial charge in [0.05, 0.1) is 33.3 Å². The Bertz CT molecular complexity index is 2880. The van der Waals surface area contributed by atoms with Crippen molar-refractivity contribution in [2.75, 3.05) is 0 Å². The molecule has 10 aromatic rings. The zero-order valence-corrected chi connectivity index (χ0v) is 25.2. The molecule has 3 heterocycles. The lowest BCUT2D eigenvalue weighted by Gasteiger charge is -2.14. The van der Waals surface area contributed by atoms with Crippen LogP contribution >= 0.6 is 0 Å². The topological polar surface area (TPSA) is 46.8 Å². The highest BCUT2D eigenvalue weighted by molar-refractivity contribution is 6.12. The van der Waals surface area contributed by atoms with Gasteiger partial charge in [-0.1, -0.05) is 91.0 Å². The minimum absolute atomic E-state index is 0.633. The summed E-state index contributed by atoms with van der Waals surface area (Å²) in [5.41, 5.74) is 10.6. The molecule has 0 aliphatic carbocycles. The molecule has 10 rings (SSSR count). The van der Waals surface area contributed by atoms with Crippen molar-refractivity contribution < 1.29 is 4.42 Å². The van der Waals surface area contributed by atoms with Crippen LogP contribution in [-0.4, -0.2) is 9.13 Å². The summed E-state index contributed by atoms with van der Waals surface area (Å²) in [6, 6.07) is 55.4. The van der Waals surface area contributed by atoms with Crippen LogP contribution in [0.5, 0.6) is 0 Å². The Labute approximate surface area is 269 Å². The van der Waals surface area contributed by atoms with Crippen molar-refractivity contribution in [1.29, 1.82) is 5.26 Å². The van der Waals surface area contributed by atoms with Gasteiger partial charge in [-0.15, -0.1) is 0 Å². The molecule has 7 aromatic carbocycles. The monoisotopic (exact) mass is 599 g/mol. The molecule has 0 atom stereocenters. The third-order valence-electron chi connectivity index (χ3n) is 9.58. The molecule has 0 aliphatic heterocycles. The number of rotatable bonds is 3. The maximum atomic E-state index is 10.7. The summed E-state index contributed by atoms with van der Waals surface area (Å²) in [6.07, 6.45) is 0. The van der Waals surface area contributed by atoms with Gasteiger partial charge >= 0.3 is 0 Å². The summed E-state index contributed by atoms with van der Waals surface area (Å²) in [7, 11) is 0. The number of hydrogen-bond donors (Lipinski definition) is 0. The predicted molar refractivity (Wildman–Crippen MR) is 193 cm³/mol. The van der Waals surface area contributed by atoms with Crippen LogP contribution in [0.3, 0.4) is 0 Å². The fourth-order valence-electron chi connectivity index (χ4n) is 7.54. The van der Waals surface area contributed by atoms with Crippen LogP contribution in [0.2, 0.25) is 0 Å². The molecular formula is C43H25N3O. The summed E-state index contributed by atoms with van der Waals surface area (Å²) in [6.45, 7) is 0. The summed E-state index contributed by atoms with van der Waals surface area (Å²) < 4.78 is 10.7. The van der Waals surface area contributed by atoms with E-state index < -0.39 is 0 Å². The second-order valence-corrected chi connectivity index (χ2v) is 12.0. The highest BCUT2D eigenvalue weighted by atomic mass is 16.3. The molecule has 4 heteroatoms. The number of benzene rings is 7. The number of para-hydroxylation sites is 4. The van der Waals surface area contributed by atoms with Crippen molar-refractivity contribution in [3.63, 3.8) is 0 Å². The Balaban J connectivity index is 1.21. The molecule has 0 amide bonds. The largest absolute Gasteiger partial charge is 0.456 e. The first kappa shape index (κ1) is 25.7. The normalized spacial score (nSPS) is 11.8. The number of furan rings is 1. The average molecular weight is 600 g/mol. The van der Waals surface area contributed by atoms with Gasteiger partial charge in [-0.25, -0.2) is 0 Å². The van der Waals surface area contributed by atoms with E-state index >= 15 is 0 Å². The molecule has 0 unspecified atom stereocenters. The third kappa shape index (κ3) is 3.63. The number of hydrogen-bond acceptors (Lipinski definition) is 2. The van der Waals surface area contributed by atoms with Gasteiger partial charge in [0.15, 0.2) is 0 Å². The Morgan fingerprint density at radius 1 is 0.447 bits per heavy atom. The predicted octanol–water partition coefficient (Wildman–Crippen LogP) is 11.3. The van der Waals surface area contributed by atoms with Crippen LogP contribution < -0.4 is 0 Å². The smallest absolute Gasteiger partial charge is 0.135 e. The van der Waals surface area contributed by atoms with Crippen molar-refractivity contribution in [2.45, 2.75) is 0 Å². The van der Waals surface area contributed by atoms with Gasteiger partial charge < -0.3 is 13.6 Å². The van der Waals surface area contributed by atoms with Crippen LogP contribution in [0.15, 0.2) is 156 Å². The molecule has 3 aromatic heterocycles. The Morgan fingerprint density at radius 3 is 1.77 bits per heavy atom. The van der Waals surface area contributed by atoms with Crippen LogP contribution in [0.25, 0.3) is 88.1 Å². The van der Waals surface area contributed by atoms with E-state index in [2.05, 4.69) is 137 Å². The van der Waals surface area contributed by atoms with Crippen molar-refractivity contribution >= 4 is 65.6 Å². The molecule has 0 saturated heterocycles. The van der Waals surface area contributed by atoms with Gasteiger partial charge in [0.2, 0.25) is 0 Å². The first-order chi connectivity index (χ1) is 23.3. The Morgan fingerprint density at radius 2 is 1.04 bits per heavy atom. The van der Waals surface area contributed by atoms with Crippen LogP contribution in [0, 0.1) is 11.3 Å². The van der Waals surface area contributed by atoms with Crippen molar-refractivity contribution in [1.82, 2.24) is 9.13 Å². The fourth-order valence-corrected chi connectivity index (χ4v) is 7.54. The molecule has 0 spiro atoms. The molecule has 4 nitrogen and oxygen atoms in total. The maximum Gasteiger partial charge on any atom is 0.135 e. The molecule has 0 fully saturated rings. The van der Waals surface area contributed by atoms with Crippen molar-refractivity contribution in [3.8, 4) is 28.6 Å². The number of aromatic nitrogens is 2. The van der Waals surface area contributed by atoms with Gasteiger partial charge in [0.1, 0.15) is 17.2 Å². The fraction of sp³-hybridized carbons (Fsp3) is 0. The Kier molecular flexibility index (Phi) is 5.32. The first-order valence-electron chi connectivity index (χ1n) is 15.8. The molecular weight excluding hydrogens is 574 g/mol. The second kappa shape index (κ2) is 9.71. The average Bonchev–Trinajstić information content (AvgIpc) is 3.78. The number of nitrogens with zero attached hydrogens (tertiary/aromatic N) is 3. The summed E-state index contributed by atoms with van der Waals surface area (Å²) in [5, 5.41) is 17.6. The van der Waals surface area contributed by atoms with Crippen LogP contribution in [0.4, 0.5) is 0 Å². The summed E-state index contributed by atoms with van der Waals surface area (Å²) in [5.74, 6) is 0. The van der Waals surface area contributed by atoms with Gasteiger partial charge in [0, 0.05) is 43.6 Å². The molecule has 218 valence electrons. The number of fused-ring (bicyclic) bond motifs is 9. The van der Waals surface area contributed by atoms with Crippen LogP contribution in [0.1, 0.15) is 5.56 Å². The lowest BCUT2D eigenvalue weighted by molar-refractivity contribution is 0.669. The van der Waals surface area contributed by atoms with E-state index in [1.54, 1.807) is 0 Å². The summed E-state index contributed by atoms with van der Waals surface area (Å²) >= 11 is 0. The molecule has 0 saturated carbocycles.